The predicted molar refractivity (Wildman–Crippen MR) is 81.1 cm³/mol. The molecule has 112 valence electrons. The highest BCUT2D eigenvalue weighted by atomic mass is 35.5. The molecule has 1 heterocycles. The number of methoxy groups -OCH3 is 2. The molecule has 1 aliphatic heterocycles. The van der Waals surface area contributed by atoms with Crippen LogP contribution in [0.4, 0.5) is 0 Å². The number of rotatable bonds is 4. The van der Waals surface area contributed by atoms with Gasteiger partial charge in [0.25, 0.3) is 0 Å². The van der Waals surface area contributed by atoms with Crippen molar-refractivity contribution in [1.29, 1.82) is 0 Å². The van der Waals surface area contributed by atoms with Gasteiger partial charge in [-0.15, -0.1) is 11.6 Å². The van der Waals surface area contributed by atoms with Crippen molar-refractivity contribution in [2.75, 3.05) is 26.7 Å². The fourth-order valence-corrected chi connectivity index (χ4v) is 2.91. The van der Waals surface area contributed by atoms with Gasteiger partial charge in [-0.3, -0.25) is 0 Å². The summed E-state index contributed by atoms with van der Waals surface area (Å²) in [5.41, 5.74) is 2.55. The third-order valence-electron chi connectivity index (χ3n) is 3.71. The van der Waals surface area contributed by atoms with Crippen molar-refractivity contribution in [3.8, 4) is 11.5 Å². The molecule has 0 aromatic heterocycles. The first-order valence-corrected chi connectivity index (χ1v) is 7.46. The quantitative estimate of drug-likeness (QED) is 0.787. The average molecular weight is 299 g/mol. The van der Waals surface area contributed by atoms with Gasteiger partial charge in [-0.25, -0.2) is 0 Å². The SMILES string of the molecule is COc1cc2c(cc1OC)[C@@H](CCCl)OCC(C)(C)C2. The molecule has 4 heteroatoms. The largest absolute Gasteiger partial charge is 0.493 e. The second kappa shape index (κ2) is 6.23. The number of fused-ring (bicyclic) bond motifs is 1. The molecule has 1 aliphatic rings. The minimum absolute atomic E-state index is 0.0316. The first-order valence-electron chi connectivity index (χ1n) is 6.93. The van der Waals surface area contributed by atoms with Gasteiger partial charge in [0.1, 0.15) is 0 Å². The number of hydrogen-bond acceptors (Lipinski definition) is 3. The molecule has 1 atom stereocenters. The maximum Gasteiger partial charge on any atom is 0.161 e. The van der Waals surface area contributed by atoms with E-state index in [1.165, 1.54) is 11.1 Å². The molecule has 0 saturated heterocycles. The molecule has 20 heavy (non-hydrogen) atoms. The minimum Gasteiger partial charge on any atom is -0.493 e. The Morgan fingerprint density at radius 1 is 1.25 bits per heavy atom. The zero-order valence-electron chi connectivity index (χ0n) is 12.7. The molecule has 0 spiro atoms. The van der Waals surface area contributed by atoms with Crippen molar-refractivity contribution in [2.45, 2.75) is 32.8 Å². The molecule has 1 aromatic rings. The second-order valence-electron chi connectivity index (χ2n) is 6.02. The lowest BCUT2D eigenvalue weighted by Gasteiger charge is -2.22. The van der Waals surface area contributed by atoms with E-state index in [0.717, 1.165) is 30.9 Å². The number of ether oxygens (including phenoxy) is 3. The van der Waals surface area contributed by atoms with Crippen LogP contribution in [0.1, 0.15) is 37.5 Å². The van der Waals surface area contributed by atoms with Crippen molar-refractivity contribution >= 4 is 11.6 Å². The van der Waals surface area contributed by atoms with Gasteiger partial charge in [-0.1, -0.05) is 13.8 Å². The Hall–Kier alpha value is -0.930. The summed E-state index contributed by atoms with van der Waals surface area (Å²) in [6.45, 7) is 5.17. The number of alkyl halides is 1. The molecule has 0 amide bonds. The van der Waals surface area contributed by atoms with E-state index < -0.39 is 0 Å². The van der Waals surface area contributed by atoms with E-state index in [-0.39, 0.29) is 11.5 Å². The Morgan fingerprint density at radius 2 is 1.90 bits per heavy atom. The van der Waals surface area contributed by atoms with Gasteiger partial charge in [0, 0.05) is 5.88 Å². The number of hydrogen-bond donors (Lipinski definition) is 0. The highest BCUT2D eigenvalue weighted by Gasteiger charge is 2.30. The van der Waals surface area contributed by atoms with Crippen molar-refractivity contribution in [1.82, 2.24) is 0 Å². The van der Waals surface area contributed by atoms with Crippen LogP contribution in [0.15, 0.2) is 12.1 Å². The zero-order valence-corrected chi connectivity index (χ0v) is 13.4. The first-order chi connectivity index (χ1) is 9.50. The highest BCUT2D eigenvalue weighted by molar-refractivity contribution is 6.17. The van der Waals surface area contributed by atoms with E-state index in [0.29, 0.717) is 5.88 Å². The van der Waals surface area contributed by atoms with E-state index in [9.17, 15) is 0 Å². The van der Waals surface area contributed by atoms with Crippen molar-refractivity contribution in [3.05, 3.63) is 23.3 Å². The number of benzene rings is 1. The molecule has 2 rings (SSSR count). The Kier molecular flexibility index (Phi) is 4.82. The molecule has 0 radical (unpaired) electrons. The Labute approximate surface area is 126 Å². The fourth-order valence-electron chi connectivity index (χ4n) is 2.71. The summed E-state index contributed by atoms with van der Waals surface area (Å²) in [6, 6.07) is 4.11. The molecular weight excluding hydrogens is 276 g/mol. The zero-order chi connectivity index (χ0) is 14.8. The van der Waals surface area contributed by atoms with Gasteiger partial charge in [0.05, 0.1) is 26.9 Å². The molecule has 3 nitrogen and oxygen atoms in total. The Morgan fingerprint density at radius 3 is 2.50 bits per heavy atom. The van der Waals surface area contributed by atoms with E-state index in [1.54, 1.807) is 14.2 Å². The molecule has 0 saturated carbocycles. The maximum absolute atomic E-state index is 6.08. The van der Waals surface area contributed by atoms with E-state index in [1.807, 2.05) is 6.07 Å². The van der Waals surface area contributed by atoms with Gasteiger partial charge < -0.3 is 14.2 Å². The summed E-state index contributed by atoms with van der Waals surface area (Å²) in [7, 11) is 3.32. The van der Waals surface area contributed by atoms with Gasteiger partial charge >= 0.3 is 0 Å². The molecule has 0 aliphatic carbocycles. The van der Waals surface area contributed by atoms with Crippen molar-refractivity contribution < 1.29 is 14.2 Å². The third-order valence-corrected chi connectivity index (χ3v) is 3.93. The lowest BCUT2D eigenvalue weighted by Crippen LogP contribution is -2.20. The molecule has 0 bridgehead atoms. The summed E-state index contributed by atoms with van der Waals surface area (Å²) < 4.78 is 16.9. The van der Waals surface area contributed by atoms with E-state index in [2.05, 4.69) is 19.9 Å². The van der Waals surface area contributed by atoms with Crippen LogP contribution in [0, 0.1) is 5.41 Å². The Bertz CT molecular complexity index is 471. The van der Waals surface area contributed by atoms with Gasteiger partial charge in [-0.2, -0.15) is 0 Å². The minimum atomic E-state index is 0.0316. The highest BCUT2D eigenvalue weighted by Crippen LogP contribution is 2.41. The van der Waals surface area contributed by atoms with E-state index >= 15 is 0 Å². The standard InChI is InChI=1S/C16H23ClO3/c1-16(2)9-11-7-14(18-3)15(19-4)8-12(11)13(5-6-17)20-10-16/h7-8,13H,5-6,9-10H2,1-4H3/t13-/m1/s1. The molecule has 0 fully saturated rings. The summed E-state index contributed by atoms with van der Waals surface area (Å²) in [5.74, 6) is 2.10. The number of halogens is 1. The summed E-state index contributed by atoms with van der Waals surface area (Å²) in [4.78, 5) is 0. The van der Waals surface area contributed by atoms with Crippen LogP contribution in [-0.4, -0.2) is 26.7 Å². The summed E-state index contributed by atoms with van der Waals surface area (Å²) in [6.07, 6.45) is 1.80. The van der Waals surface area contributed by atoms with Crippen LogP contribution >= 0.6 is 11.6 Å². The van der Waals surface area contributed by atoms with Crippen LogP contribution in [-0.2, 0) is 11.2 Å². The van der Waals surface area contributed by atoms with E-state index in [4.69, 9.17) is 25.8 Å². The van der Waals surface area contributed by atoms with Gasteiger partial charge in [-0.05, 0) is 41.5 Å². The Balaban J connectivity index is 2.49. The van der Waals surface area contributed by atoms with Crippen LogP contribution in [0.25, 0.3) is 0 Å². The van der Waals surface area contributed by atoms with Crippen LogP contribution in [0.2, 0.25) is 0 Å². The van der Waals surface area contributed by atoms with Gasteiger partial charge in [0.2, 0.25) is 0 Å². The summed E-state index contributed by atoms with van der Waals surface area (Å²) in [5, 5.41) is 0. The predicted octanol–water partition coefficient (Wildman–Crippen LogP) is 3.97. The monoisotopic (exact) mass is 298 g/mol. The molecule has 1 aromatic carbocycles. The van der Waals surface area contributed by atoms with Crippen LogP contribution < -0.4 is 9.47 Å². The topological polar surface area (TPSA) is 27.7 Å². The lowest BCUT2D eigenvalue weighted by atomic mass is 9.85. The first kappa shape index (κ1) is 15.5. The van der Waals surface area contributed by atoms with Gasteiger partial charge in [0.15, 0.2) is 11.5 Å². The van der Waals surface area contributed by atoms with Crippen LogP contribution in [0.3, 0.4) is 0 Å². The fraction of sp³-hybridized carbons (Fsp3) is 0.625. The lowest BCUT2D eigenvalue weighted by molar-refractivity contribution is 0.00885. The molecular formula is C16H23ClO3. The average Bonchev–Trinajstić information content (AvgIpc) is 2.54. The molecule has 0 unspecified atom stereocenters. The van der Waals surface area contributed by atoms with Crippen molar-refractivity contribution in [2.24, 2.45) is 5.41 Å². The van der Waals surface area contributed by atoms with Crippen LogP contribution in [0.5, 0.6) is 11.5 Å². The normalized spacial score (nSPS) is 20.9. The van der Waals surface area contributed by atoms with Crippen molar-refractivity contribution in [3.63, 3.8) is 0 Å². The third kappa shape index (κ3) is 3.21. The second-order valence-corrected chi connectivity index (χ2v) is 6.40. The maximum atomic E-state index is 6.08. The summed E-state index contributed by atoms with van der Waals surface area (Å²) >= 11 is 5.92. The smallest absolute Gasteiger partial charge is 0.161 e. The molecule has 0 N–H and O–H groups in total.